The van der Waals surface area contributed by atoms with E-state index in [-0.39, 0.29) is 0 Å². The lowest BCUT2D eigenvalue weighted by atomic mass is 9.94. The van der Waals surface area contributed by atoms with Crippen molar-refractivity contribution < 1.29 is 9.47 Å². The lowest BCUT2D eigenvalue weighted by Crippen LogP contribution is -2.16. The van der Waals surface area contributed by atoms with Gasteiger partial charge in [0.2, 0.25) is 0 Å². The predicted molar refractivity (Wildman–Crippen MR) is 343 cm³/mol. The van der Waals surface area contributed by atoms with Crippen LogP contribution in [0.25, 0.3) is 44.8 Å². The minimum absolute atomic E-state index is 0.681. The highest BCUT2D eigenvalue weighted by Gasteiger charge is 2.29. The topological polar surface area (TPSA) is 57.2 Å². The summed E-state index contributed by atoms with van der Waals surface area (Å²) in [6.07, 6.45) is 3.86. The molecule has 0 radical (unpaired) electrons. The zero-order chi connectivity index (χ0) is 55.8. The number of anilines is 12. The zero-order valence-corrected chi connectivity index (χ0v) is 45.5. The van der Waals surface area contributed by atoms with Crippen LogP contribution in [0.5, 0.6) is 23.0 Å². The maximum atomic E-state index is 6.71. The van der Waals surface area contributed by atoms with E-state index >= 15 is 0 Å². The van der Waals surface area contributed by atoms with Gasteiger partial charge in [-0.1, -0.05) is 152 Å². The molecule has 0 amide bonds. The normalized spacial score (nSPS) is 12.0. The van der Waals surface area contributed by atoms with Crippen LogP contribution in [0.4, 0.5) is 68.2 Å². The van der Waals surface area contributed by atoms with E-state index in [0.29, 0.717) is 5.82 Å². The molecular weight excluding hydrogens is 1030 g/mol. The summed E-state index contributed by atoms with van der Waals surface area (Å²) in [4.78, 5) is 18.9. The number of fused-ring (bicyclic) bond motifs is 4. The summed E-state index contributed by atoms with van der Waals surface area (Å²) in [5.41, 5.74) is 19.2. The summed E-state index contributed by atoms with van der Waals surface area (Å²) in [5, 5.41) is 0. The number of hydrogen-bond donors (Lipinski definition) is 0. The van der Waals surface area contributed by atoms with Gasteiger partial charge in [0, 0.05) is 81.2 Å². The van der Waals surface area contributed by atoms with E-state index in [4.69, 9.17) is 19.4 Å². The van der Waals surface area contributed by atoms with E-state index in [1.54, 1.807) is 0 Å². The Kier molecular flexibility index (Phi) is 12.7. The highest BCUT2D eigenvalue weighted by molar-refractivity contribution is 5.92. The molecule has 0 bridgehead atoms. The van der Waals surface area contributed by atoms with E-state index in [1.165, 1.54) is 0 Å². The predicted octanol–water partition coefficient (Wildman–Crippen LogP) is 21.2. The first-order chi connectivity index (χ1) is 41.6. The first-order valence-corrected chi connectivity index (χ1v) is 28.1. The molecule has 3 heterocycles. The van der Waals surface area contributed by atoms with Crippen molar-refractivity contribution in [1.29, 1.82) is 0 Å². The molecule has 15 rings (SSSR count). The van der Waals surface area contributed by atoms with Gasteiger partial charge in [0.25, 0.3) is 0 Å². The first kappa shape index (κ1) is 49.6. The summed E-state index contributed by atoms with van der Waals surface area (Å²) in [7, 11) is 0. The fourth-order valence-corrected chi connectivity index (χ4v) is 11.5. The van der Waals surface area contributed by atoms with Crippen molar-refractivity contribution in [3.63, 3.8) is 0 Å². The number of rotatable bonds is 12. The van der Waals surface area contributed by atoms with Gasteiger partial charge >= 0.3 is 0 Å². The molecule has 0 aliphatic carbocycles. The van der Waals surface area contributed by atoms with Crippen molar-refractivity contribution in [3.05, 3.63) is 316 Å². The highest BCUT2D eigenvalue weighted by atomic mass is 16.5. The highest BCUT2D eigenvalue weighted by Crippen LogP contribution is 2.54. The minimum atomic E-state index is 0.681. The summed E-state index contributed by atoms with van der Waals surface area (Å²) >= 11 is 0. The van der Waals surface area contributed by atoms with E-state index in [9.17, 15) is 0 Å². The van der Waals surface area contributed by atoms with Gasteiger partial charge in [0.15, 0.2) is 28.8 Å². The van der Waals surface area contributed by atoms with E-state index in [0.717, 1.165) is 130 Å². The van der Waals surface area contributed by atoms with Gasteiger partial charge in [-0.2, -0.15) is 0 Å². The molecule has 398 valence electrons. The second-order valence-corrected chi connectivity index (χ2v) is 20.7. The Balaban J connectivity index is 0.795. The molecule has 2 aliphatic heterocycles. The lowest BCUT2D eigenvalue weighted by Gasteiger charge is -2.34. The van der Waals surface area contributed by atoms with Crippen LogP contribution in [-0.4, -0.2) is 9.97 Å². The maximum Gasteiger partial charge on any atom is 0.159 e. The smallest absolute Gasteiger partial charge is 0.159 e. The largest absolute Gasteiger partial charge is 0.453 e. The molecule has 0 fully saturated rings. The van der Waals surface area contributed by atoms with Crippen LogP contribution in [0, 0.1) is 0 Å². The van der Waals surface area contributed by atoms with Crippen LogP contribution in [-0.2, 0) is 0 Å². The zero-order valence-electron chi connectivity index (χ0n) is 45.5. The molecule has 0 spiro atoms. The number of ether oxygens (including phenoxy) is 2. The second kappa shape index (κ2) is 21.5. The lowest BCUT2D eigenvalue weighted by molar-refractivity contribution is 0.477. The molecule has 12 aromatic carbocycles. The molecule has 0 atom stereocenters. The number of nitrogens with zero attached hydrogens (tertiary/aromatic N) is 6. The van der Waals surface area contributed by atoms with Gasteiger partial charge in [-0.3, -0.25) is 0 Å². The number of benzene rings is 12. The minimum Gasteiger partial charge on any atom is -0.453 e. The quantitative estimate of drug-likeness (QED) is 0.120. The average molecular weight is 1080 g/mol. The van der Waals surface area contributed by atoms with Crippen LogP contribution in [0.2, 0.25) is 0 Å². The molecule has 0 unspecified atom stereocenters. The van der Waals surface area contributed by atoms with E-state index in [2.05, 4.69) is 256 Å². The summed E-state index contributed by atoms with van der Waals surface area (Å²) in [6.45, 7) is 0. The van der Waals surface area contributed by atoms with Crippen molar-refractivity contribution in [3.8, 4) is 67.8 Å². The Labute approximate surface area is 488 Å². The van der Waals surface area contributed by atoms with Gasteiger partial charge in [0.1, 0.15) is 0 Å². The van der Waals surface area contributed by atoms with E-state index in [1.807, 2.05) is 79.1 Å². The molecule has 84 heavy (non-hydrogen) atoms. The third-order valence-electron chi connectivity index (χ3n) is 15.5. The van der Waals surface area contributed by atoms with Crippen LogP contribution >= 0.6 is 0 Å². The summed E-state index contributed by atoms with van der Waals surface area (Å²) in [5.74, 6) is 3.83. The van der Waals surface area contributed by atoms with Crippen molar-refractivity contribution >= 4 is 68.2 Å². The molecule has 1 aromatic heterocycles. The monoisotopic (exact) mass is 1080 g/mol. The molecular formula is C76H52N6O2. The third kappa shape index (κ3) is 9.39. The van der Waals surface area contributed by atoms with Crippen molar-refractivity contribution in [2.24, 2.45) is 0 Å². The Hall–Kier alpha value is -11.5. The molecule has 0 N–H and O–H groups in total. The summed E-state index contributed by atoms with van der Waals surface area (Å²) < 4.78 is 13.4. The molecule has 8 nitrogen and oxygen atoms in total. The van der Waals surface area contributed by atoms with Gasteiger partial charge in [-0.15, -0.1) is 0 Å². The molecule has 0 saturated carbocycles. The number of para-hydroxylation sites is 8. The van der Waals surface area contributed by atoms with Gasteiger partial charge in [0.05, 0.1) is 22.7 Å². The average Bonchev–Trinajstić information content (AvgIpc) is 3.66. The van der Waals surface area contributed by atoms with Gasteiger partial charge in [-0.05, 0) is 167 Å². The third-order valence-corrected chi connectivity index (χ3v) is 15.5. The van der Waals surface area contributed by atoms with Crippen LogP contribution < -0.4 is 29.1 Å². The fourth-order valence-electron chi connectivity index (χ4n) is 11.5. The Bertz CT molecular complexity index is 4230. The van der Waals surface area contributed by atoms with Crippen molar-refractivity contribution in [2.45, 2.75) is 0 Å². The first-order valence-electron chi connectivity index (χ1n) is 28.1. The van der Waals surface area contributed by atoms with Crippen molar-refractivity contribution in [2.75, 3.05) is 19.6 Å². The molecule has 8 heteroatoms. The fraction of sp³-hybridized carbons (Fsp3) is 0. The Morgan fingerprint density at radius 1 is 0.238 bits per heavy atom. The second-order valence-electron chi connectivity index (χ2n) is 20.7. The SMILES string of the molecule is c1ccc(-c2ncc(-c3cc(-c4ccc(N(c5ccccc5)c5ccc6c(c5)Oc5ccccc5N6c5ccccc5)cc4)cc(-c4ccc(N(c5ccccc5)c5ccc6c(c5)Oc5ccccc5N6c5ccccc5)cc4)c3)cn2)cc1. The van der Waals surface area contributed by atoms with Gasteiger partial charge in [-0.25, -0.2) is 9.97 Å². The molecule has 2 aliphatic rings. The van der Waals surface area contributed by atoms with Crippen LogP contribution in [0.1, 0.15) is 0 Å². The van der Waals surface area contributed by atoms with Gasteiger partial charge < -0.3 is 29.1 Å². The standard InChI is InChI=1S/C76H52N6O2/c1-6-20-55(21-7-1)76-77-51-59(52-78-76)58-47-56(53-34-38-64(39-35-53)79(60-22-8-2-9-23-60)66-42-44-70-74(49-66)83-72-32-18-16-30-68(72)81(70)62-26-12-4-13-27-62)46-57(48-58)54-36-40-65(41-37-54)80(61-24-10-3-11-25-61)67-43-45-71-75(50-67)84-73-33-19-17-31-69(73)82(71)63-28-14-5-15-29-63/h1-52H. The molecule has 0 saturated heterocycles. The molecule has 13 aromatic rings. The van der Waals surface area contributed by atoms with E-state index < -0.39 is 0 Å². The van der Waals surface area contributed by atoms with Crippen molar-refractivity contribution in [1.82, 2.24) is 9.97 Å². The number of aromatic nitrogens is 2. The number of hydrogen-bond acceptors (Lipinski definition) is 8. The van der Waals surface area contributed by atoms with Crippen LogP contribution in [0.3, 0.4) is 0 Å². The van der Waals surface area contributed by atoms with Crippen LogP contribution in [0.15, 0.2) is 316 Å². The Morgan fingerprint density at radius 3 is 1.00 bits per heavy atom. The Morgan fingerprint density at radius 2 is 0.571 bits per heavy atom. The maximum absolute atomic E-state index is 6.71. The summed E-state index contributed by atoms with van der Waals surface area (Å²) in [6, 6.07) is 106.